The minimum atomic E-state index is 0.229. The fourth-order valence-corrected chi connectivity index (χ4v) is 2.21. The van der Waals surface area contributed by atoms with Crippen molar-refractivity contribution >= 4 is 5.82 Å². The van der Waals surface area contributed by atoms with E-state index in [1.54, 1.807) is 6.07 Å². The average molecular weight is 285 g/mol. The SMILES string of the molecule is CC(C)c1nc(N)cc(-c2ccc3c(c2)OCCCO3)n1. The maximum atomic E-state index is 5.89. The summed E-state index contributed by atoms with van der Waals surface area (Å²) >= 11 is 0. The van der Waals surface area contributed by atoms with Crippen LogP contribution in [0.5, 0.6) is 11.5 Å². The van der Waals surface area contributed by atoms with Gasteiger partial charge in [0.1, 0.15) is 11.6 Å². The Balaban J connectivity index is 2.02. The van der Waals surface area contributed by atoms with Crippen molar-refractivity contribution in [3.05, 3.63) is 30.1 Å². The normalized spacial score (nSPS) is 14.0. The first kappa shape index (κ1) is 13.7. The number of nitrogens with zero attached hydrogens (tertiary/aromatic N) is 2. The Labute approximate surface area is 124 Å². The van der Waals surface area contributed by atoms with Crippen LogP contribution >= 0.6 is 0 Å². The number of anilines is 1. The monoisotopic (exact) mass is 285 g/mol. The zero-order chi connectivity index (χ0) is 14.8. The average Bonchev–Trinajstić information content (AvgIpc) is 2.70. The van der Waals surface area contributed by atoms with Gasteiger partial charge in [0, 0.05) is 24.0 Å². The minimum Gasteiger partial charge on any atom is -0.490 e. The molecule has 0 fully saturated rings. The van der Waals surface area contributed by atoms with Gasteiger partial charge in [0.2, 0.25) is 0 Å². The molecular weight excluding hydrogens is 266 g/mol. The molecule has 1 aromatic heterocycles. The zero-order valence-corrected chi connectivity index (χ0v) is 12.3. The van der Waals surface area contributed by atoms with Crippen LogP contribution in [0.25, 0.3) is 11.3 Å². The number of aromatic nitrogens is 2. The van der Waals surface area contributed by atoms with E-state index in [0.717, 1.165) is 35.0 Å². The maximum absolute atomic E-state index is 5.89. The van der Waals surface area contributed by atoms with Gasteiger partial charge in [0.05, 0.1) is 18.9 Å². The van der Waals surface area contributed by atoms with E-state index in [0.29, 0.717) is 19.0 Å². The predicted molar refractivity (Wildman–Crippen MR) is 81.6 cm³/mol. The van der Waals surface area contributed by atoms with Crippen LogP contribution < -0.4 is 15.2 Å². The highest BCUT2D eigenvalue weighted by Gasteiger charge is 2.13. The summed E-state index contributed by atoms with van der Waals surface area (Å²) in [6, 6.07) is 7.63. The van der Waals surface area contributed by atoms with Crippen LogP contribution in [0.1, 0.15) is 32.0 Å². The van der Waals surface area contributed by atoms with Crippen LogP contribution in [0.3, 0.4) is 0 Å². The van der Waals surface area contributed by atoms with Gasteiger partial charge < -0.3 is 15.2 Å². The van der Waals surface area contributed by atoms with Gasteiger partial charge in [0.15, 0.2) is 11.5 Å². The Morgan fingerprint density at radius 1 is 1.05 bits per heavy atom. The first-order valence-electron chi connectivity index (χ1n) is 7.18. The van der Waals surface area contributed by atoms with Gasteiger partial charge in [-0.1, -0.05) is 13.8 Å². The quantitative estimate of drug-likeness (QED) is 0.918. The molecule has 110 valence electrons. The second-order valence-corrected chi connectivity index (χ2v) is 5.40. The van der Waals surface area contributed by atoms with E-state index >= 15 is 0 Å². The lowest BCUT2D eigenvalue weighted by Crippen LogP contribution is -2.03. The van der Waals surface area contributed by atoms with Crippen molar-refractivity contribution in [2.24, 2.45) is 0 Å². The molecule has 5 heteroatoms. The van der Waals surface area contributed by atoms with E-state index in [9.17, 15) is 0 Å². The van der Waals surface area contributed by atoms with Crippen molar-refractivity contribution in [1.29, 1.82) is 0 Å². The van der Waals surface area contributed by atoms with Crippen molar-refractivity contribution in [1.82, 2.24) is 9.97 Å². The van der Waals surface area contributed by atoms with E-state index in [1.807, 2.05) is 32.0 Å². The van der Waals surface area contributed by atoms with Gasteiger partial charge in [-0.3, -0.25) is 0 Å². The molecule has 2 aromatic rings. The van der Waals surface area contributed by atoms with Gasteiger partial charge in [-0.2, -0.15) is 0 Å². The maximum Gasteiger partial charge on any atom is 0.161 e. The van der Waals surface area contributed by atoms with Crippen LogP contribution in [0.4, 0.5) is 5.82 Å². The molecule has 0 spiro atoms. The second-order valence-electron chi connectivity index (χ2n) is 5.40. The summed E-state index contributed by atoms with van der Waals surface area (Å²) < 4.78 is 11.4. The summed E-state index contributed by atoms with van der Waals surface area (Å²) in [6.07, 6.45) is 0.891. The van der Waals surface area contributed by atoms with Gasteiger partial charge in [0.25, 0.3) is 0 Å². The molecule has 1 aliphatic rings. The number of benzene rings is 1. The Morgan fingerprint density at radius 3 is 2.57 bits per heavy atom. The lowest BCUT2D eigenvalue weighted by Gasteiger charge is -2.11. The third-order valence-corrected chi connectivity index (χ3v) is 3.32. The highest BCUT2D eigenvalue weighted by molar-refractivity contribution is 5.66. The van der Waals surface area contributed by atoms with Gasteiger partial charge in [-0.25, -0.2) is 9.97 Å². The lowest BCUT2D eigenvalue weighted by atomic mass is 10.1. The molecule has 3 rings (SSSR count). The Morgan fingerprint density at radius 2 is 1.81 bits per heavy atom. The van der Waals surface area contributed by atoms with Crippen LogP contribution in [-0.2, 0) is 0 Å². The smallest absolute Gasteiger partial charge is 0.161 e. The zero-order valence-electron chi connectivity index (χ0n) is 12.3. The van der Waals surface area contributed by atoms with E-state index < -0.39 is 0 Å². The largest absolute Gasteiger partial charge is 0.490 e. The van der Waals surface area contributed by atoms with E-state index in [4.69, 9.17) is 15.2 Å². The molecule has 2 N–H and O–H groups in total. The van der Waals surface area contributed by atoms with Crippen molar-refractivity contribution < 1.29 is 9.47 Å². The first-order chi connectivity index (χ1) is 10.1. The third kappa shape index (κ3) is 2.91. The standard InChI is InChI=1S/C16H19N3O2/c1-10(2)16-18-12(9-15(17)19-16)11-4-5-13-14(8-11)21-7-3-6-20-13/h4-5,8-10H,3,6-7H2,1-2H3,(H2,17,18,19). The molecule has 5 nitrogen and oxygen atoms in total. The molecule has 1 aliphatic heterocycles. The topological polar surface area (TPSA) is 70.3 Å². The lowest BCUT2D eigenvalue weighted by molar-refractivity contribution is 0.297. The second kappa shape index (κ2) is 5.60. The fraction of sp³-hybridized carbons (Fsp3) is 0.375. The number of rotatable bonds is 2. The minimum absolute atomic E-state index is 0.229. The van der Waals surface area contributed by atoms with E-state index in [-0.39, 0.29) is 5.92 Å². The number of ether oxygens (including phenoxy) is 2. The molecule has 0 radical (unpaired) electrons. The summed E-state index contributed by atoms with van der Waals surface area (Å²) in [5.74, 6) is 3.00. The number of nitrogens with two attached hydrogens (primary N) is 1. The molecule has 0 saturated heterocycles. The van der Waals surface area contributed by atoms with Crippen LogP contribution in [0.2, 0.25) is 0 Å². The molecule has 0 aliphatic carbocycles. The van der Waals surface area contributed by atoms with Crippen molar-refractivity contribution in [3.63, 3.8) is 0 Å². The molecule has 0 saturated carbocycles. The molecule has 1 aromatic carbocycles. The highest BCUT2D eigenvalue weighted by atomic mass is 16.5. The van der Waals surface area contributed by atoms with Gasteiger partial charge >= 0.3 is 0 Å². The van der Waals surface area contributed by atoms with Crippen molar-refractivity contribution in [2.75, 3.05) is 18.9 Å². The summed E-state index contributed by atoms with van der Waals surface area (Å²) in [7, 11) is 0. The van der Waals surface area contributed by atoms with Gasteiger partial charge in [-0.05, 0) is 18.2 Å². The van der Waals surface area contributed by atoms with Gasteiger partial charge in [-0.15, -0.1) is 0 Å². The Hall–Kier alpha value is -2.30. The Kier molecular flexibility index (Phi) is 3.64. The molecule has 0 atom stereocenters. The summed E-state index contributed by atoms with van der Waals surface area (Å²) in [5, 5.41) is 0. The van der Waals surface area contributed by atoms with Crippen molar-refractivity contribution in [3.8, 4) is 22.8 Å². The Bertz CT molecular complexity index is 656. The van der Waals surface area contributed by atoms with Crippen LogP contribution in [0, 0.1) is 0 Å². The van der Waals surface area contributed by atoms with Crippen LogP contribution in [0.15, 0.2) is 24.3 Å². The van der Waals surface area contributed by atoms with Crippen LogP contribution in [-0.4, -0.2) is 23.2 Å². The number of hydrogen-bond donors (Lipinski definition) is 1. The van der Waals surface area contributed by atoms with E-state index in [1.165, 1.54) is 0 Å². The predicted octanol–water partition coefficient (Wildman–Crippen LogP) is 3.01. The van der Waals surface area contributed by atoms with Crippen molar-refractivity contribution in [2.45, 2.75) is 26.2 Å². The number of nitrogen functional groups attached to an aromatic ring is 1. The number of fused-ring (bicyclic) bond motifs is 1. The molecular formula is C16H19N3O2. The summed E-state index contributed by atoms with van der Waals surface area (Å²) in [6.45, 7) is 5.45. The first-order valence-corrected chi connectivity index (χ1v) is 7.18. The van der Waals surface area contributed by atoms with E-state index in [2.05, 4.69) is 9.97 Å². The molecule has 21 heavy (non-hydrogen) atoms. The summed E-state index contributed by atoms with van der Waals surface area (Å²) in [5.41, 5.74) is 7.65. The highest BCUT2D eigenvalue weighted by Crippen LogP contribution is 2.34. The summed E-state index contributed by atoms with van der Waals surface area (Å²) in [4.78, 5) is 8.86. The molecule has 0 unspecified atom stereocenters. The fourth-order valence-electron chi connectivity index (χ4n) is 2.21. The molecule has 0 amide bonds. The molecule has 2 heterocycles. The number of hydrogen-bond acceptors (Lipinski definition) is 5. The third-order valence-electron chi connectivity index (χ3n) is 3.32. The molecule has 0 bridgehead atoms.